The molecule has 33 heavy (non-hydrogen) atoms. The number of carbonyl (C=O) groups excluding carboxylic acids is 1. The monoisotopic (exact) mass is 460 g/mol. The van der Waals surface area contributed by atoms with Gasteiger partial charge in [0, 0.05) is 55.4 Å². The molecule has 1 amide bonds. The average Bonchev–Trinajstić information content (AvgIpc) is 3.22. The van der Waals surface area contributed by atoms with Gasteiger partial charge in [-0.25, -0.2) is 0 Å². The van der Waals surface area contributed by atoms with Crippen molar-refractivity contribution in [3.05, 3.63) is 42.1 Å². The van der Waals surface area contributed by atoms with E-state index in [9.17, 15) is 23.1 Å². The molecule has 1 aromatic carbocycles. The number of aromatic nitrogens is 4. The number of amides is 1. The van der Waals surface area contributed by atoms with E-state index in [-0.39, 0.29) is 49.0 Å². The minimum absolute atomic E-state index is 0.0337. The number of halogens is 3. The summed E-state index contributed by atoms with van der Waals surface area (Å²) in [4.78, 5) is 21.4. The van der Waals surface area contributed by atoms with Crippen LogP contribution in [0.5, 0.6) is 5.75 Å². The first-order valence-electron chi connectivity index (χ1n) is 10.8. The topological polar surface area (TPSA) is 87.4 Å². The van der Waals surface area contributed by atoms with Crippen LogP contribution in [-0.4, -0.2) is 55.3 Å². The zero-order chi connectivity index (χ0) is 23.3. The highest BCUT2D eigenvalue weighted by Gasteiger charge is 2.41. The largest absolute Gasteiger partial charge is 0.508 e. The van der Waals surface area contributed by atoms with Crippen molar-refractivity contribution in [3.8, 4) is 5.75 Å². The van der Waals surface area contributed by atoms with Gasteiger partial charge in [-0.15, -0.1) is 10.2 Å². The lowest BCUT2D eigenvalue weighted by Crippen LogP contribution is -2.49. The molecule has 4 heterocycles. The van der Waals surface area contributed by atoms with Crippen molar-refractivity contribution in [1.29, 1.82) is 0 Å². The zero-order valence-corrected chi connectivity index (χ0v) is 18.0. The van der Waals surface area contributed by atoms with Crippen LogP contribution in [0, 0.1) is 11.8 Å². The molecule has 1 saturated heterocycles. The molecule has 2 aromatic heterocycles. The maximum atomic E-state index is 13.3. The summed E-state index contributed by atoms with van der Waals surface area (Å²) >= 11 is 0. The first-order chi connectivity index (χ1) is 15.7. The quantitative estimate of drug-likeness (QED) is 0.633. The van der Waals surface area contributed by atoms with Crippen molar-refractivity contribution >= 4 is 22.5 Å². The van der Waals surface area contributed by atoms with Gasteiger partial charge in [0.1, 0.15) is 5.75 Å². The van der Waals surface area contributed by atoms with E-state index in [0.717, 1.165) is 15.6 Å². The second kappa shape index (κ2) is 7.89. The molecular formula is C22H23F3N6O2. The lowest BCUT2D eigenvalue weighted by atomic mass is 9.85. The highest BCUT2D eigenvalue weighted by molar-refractivity contribution is 5.92. The van der Waals surface area contributed by atoms with Crippen LogP contribution in [0.25, 0.3) is 10.9 Å². The van der Waals surface area contributed by atoms with Gasteiger partial charge in [0.2, 0.25) is 11.7 Å². The fraction of sp³-hybridized carbons (Fsp3) is 0.455. The predicted octanol–water partition coefficient (Wildman–Crippen LogP) is 3.06. The Morgan fingerprint density at radius 2 is 1.97 bits per heavy atom. The molecule has 0 spiro atoms. The molecule has 0 radical (unpaired) electrons. The Balaban J connectivity index is 1.29. The number of hydrogen-bond acceptors (Lipinski definition) is 6. The summed E-state index contributed by atoms with van der Waals surface area (Å²) in [6, 6.07) is 7.03. The molecule has 1 N–H and O–H groups in total. The molecule has 2 aliphatic heterocycles. The number of anilines is 1. The number of fused-ring (bicyclic) bond motifs is 2. The van der Waals surface area contributed by atoms with Crippen LogP contribution in [0.3, 0.4) is 0 Å². The number of phenolic OH excluding ortho intramolecular Hbond substituents is 1. The van der Waals surface area contributed by atoms with E-state index in [4.69, 9.17) is 0 Å². The van der Waals surface area contributed by atoms with E-state index < -0.39 is 12.0 Å². The van der Waals surface area contributed by atoms with Crippen molar-refractivity contribution in [2.75, 3.05) is 24.5 Å². The van der Waals surface area contributed by atoms with E-state index in [1.807, 2.05) is 19.1 Å². The Hall–Kier alpha value is -3.37. The average molecular weight is 460 g/mol. The molecule has 5 rings (SSSR count). The summed E-state index contributed by atoms with van der Waals surface area (Å²) in [5, 5.41) is 17.6. The Morgan fingerprint density at radius 3 is 2.73 bits per heavy atom. The fourth-order valence-electron chi connectivity index (χ4n) is 4.92. The normalized spacial score (nSPS) is 21.3. The molecule has 2 atom stereocenters. The lowest BCUT2D eigenvalue weighted by molar-refractivity contribution is -0.148. The number of phenols is 1. The van der Waals surface area contributed by atoms with Crippen LogP contribution in [0.4, 0.5) is 18.9 Å². The van der Waals surface area contributed by atoms with E-state index in [2.05, 4.69) is 20.1 Å². The Labute approximate surface area is 187 Å². The summed E-state index contributed by atoms with van der Waals surface area (Å²) in [5.41, 5.74) is 1.71. The van der Waals surface area contributed by atoms with Crippen molar-refractivity contribution in [2.45, 2.75) is 32.6 Å². The maximum Gasteiger partial charge on any atom is 0.451 e. The van der Waals surface area contributed by atoms with Gasteiger partial charge in [-0.2, -0.15) is 13.2 Å². The number of rotatable bonds is 2. The second-order valence-corrected chi connectivity index (χ2v) is 8.70. The van der Waals surface area contributed by atoms with Gasteiger partial charge in [-0.1, -0.05) is 6.92 Å². The molecule has 2 aliphatic rings. The van der Waals surface area contributed by atoms with Gasteiger partial charge in [0.25, 0.3) is 0 Å². The number of piperidine rings is 1. The van der Waals surface area contributed by atoms with E-state index in [1.54, 1.807) is 23.2 Å². The summed E-state index contributed by atoms with van der Waals surface area (Å²) in [7, 11) is 0. The molecule has 0 saturated carbocycles. The first kappa shape index (κ1) is 21.5. The van der Waals surface area contributed by atoms with E-state index in [0.29, 0.717) is 25.0 Å². The summed E-state index contributed by atoms with van der Waals surface area (Å²) in [6.45, 7) is 3.64. The van der Waals surface area contributed by atoms with E-state index in [1.165, 1.54) is 0 Å². The SMILES string of the molecule is C[C@@H]1CN(c2ccnc3cc(O)ccc23)CC[C@@H]1C(=O)N1CCn2c(nnc2C(F)(F)F)C1. The predicted molar refractivity (Wildman–Crippen MR) is 113 cm³/mol. The minimum atomic E-state index is -4.56. The number of benzene rings is 1. The highest BCUT2D eigenvalue weighted by Crippen LogP contribution is 2.34. The first-order valence-corrected chi connectivity index (χ1v) is 10.8. The van der Waals surface area contributed by atoms with Crippen LogP contribution in [-0.2, 0) is 24.1 Å². The number of carbonyl (C=O) groups is 1. The molecule has 0 bridgehead atoms. The number of alkyl halides is 3. The summed E-state index contributed by atoms with van der Waals surface area (Å²) in [6.07, 6.45) is -2.22. The van der Waals surface area contributed by atoms with Gasteiger partial charge < -0.3 is 19.5 Å². The number of hydrogen-bond donors (Lipinski definition) is 1. The Morgan fingerprint density at radius 1 is 1.15 bits per heavy atom. The number of aromatic hydroxyl groups is 1. The highest BCUT2D eigenvalue weighted by atomic mass is 19.4. The van der Waals surface area contributed by atoms with Gasteiger partial charge >= 0.3 is 6.18 Å². The lowest BCUT2D eigenvalue weighted by Gasteiger charge is -2.40. The Bertz CT molecular complexity index is 1210. The molecule has 8 nitrogen and oxygen atoms in total. The molecule has 0 aliphatic carbocycles. The third kappa shape index (κ3) is 3.85. The van der Waals surface area contributed by atoms with Gasteiger partial charge in [-0.05, 0) is 30.5 Å². The van der Waals surface area contributed by atoms with E-state index >= 15 is 0 Å². The minimum Gasteiger partial charge on any atom is -0.508 e. The van der Waals surface area contributed by atoms with Crippen LogP contribution >= 0.6 is 0 Å². The molecule has 11 heteroatoms. The number of nitrogens with zero attached hydrogens (tertiary/aromatic N) is 6. The van der Waals surface area contributed by atoms with Crippen LogP contribution < -0.4 is 4.90 Å². The van der Waals surface area contributed by atoms with Crippen LogP contribution in [0.15, 0.2) is 30.5 Å². The third-order valence-electron chi connectivity index (χ3n) is 6.58. The molecule has 3 aromatic rings. The van der Waals surface area contributed by atoms with Crippen molar-refractivity contribution < 1.29 is 23.1 Å². The fourth-order valence-corrected chi connectivity index (χ4v) is 4.92. The third-order valence-corrected chi connectivity index (χ3v) is 6.58. The molecule has 174 valence electrons. The zero-order valence-electron chi connectivity index (χ0n) is 18.0. The van der Waals surface area contributed by atoms with Gasteiger partial charge in [0.05, 0.1) is 12.1 Å². The Kier molecular flexibility index (Phi) is 5.13. The summed E-state index contributed by atoms with van der Waals surface area (Å²) < 4.78 is 40.3. The maximum absolute atomic E-state index is 13.3. The molecule has 0 unspecified atom stereocenters. The van der Waals surface area contributed by atoms with Gasteiger partial charge in [-0.3, -0.25) is 9.78 Å². The van der Waals surface area contributed by atoms with Crippen molar-refractivity contribution in [2.24, 2.45) is 11.8 Å². The summed E-state index contributed by atoms with van der Waals surface area (Å²) in [5.74, 6) is -0.895. The van der Waals surface area contributed by atoms with Crippen molar-refractivity contribution in [3.63, 3.8) is 0 Å². The standard InChI is InChI=1S/C22H23F3N6O2/c1-13-11-29(18-4-6-26-17-10-14(32)2-3-16(17)18)7-5-15(13)20(33)30-8-9-31-19(12-30)27-28-21(31)22(23,24)25/h2-4,6,10,13,15,32H,5,7-9,11-12H2,1H3/t13-,15+/m1/s1. The smallest absolute Gasteiger partial charge is 0.451 e. The van der Waals surface area contributed by atoms with Crippen LogP contribution in [0.1, 0.15) is 25.0 Å². The van der Waals surface area contributed by atoms with Crippen molar-refractivity contribution in [1.82, 2.24) is 24.6 Å². The van der Waals surface area contributed by atoms with Crippen LogP contribution in [0.2, 0.25) is 0 Å². The second-order valence-electron chi connectivity index (χ2n) is 8.70. The molecule has 1 fully saturated rings. The van der Waals surface area contributed by atoms with Gasteiger partial charge in [0.15, 0.2) is 5.82 Å². The number of pyridine rings is 1. The molecular weight excluding hydrogens is 437 g/mol.